The highest BCUT2D eigenvalue weighted by Gasteiger charge is 2.13. The third kappa shape index (κ3) is 3.60. The van der Waals surface area contributed by atoms with E-state index < -0.39 is 5.97 Å². The van der Waals surface area contributed by atoms with E-state index in [4.69, 9.17) is 5.11 Å². The molecule has 0 saturated heterocycles. The minimum atomic E-state index is -0.980. The normalized spacial score (nSPS) is 14.1. The monoisotopic (exact) mass is 353 g/mol. The Hall–Kier alpha value is -1.58. The lowest BCUT2D eigenvalue weighted by Gasteiger charge is -2.00. The van der Waals surface area contributed by atoms with E-state index in [1.54, 1.807) is 23.9 Å². The molecule has 6 nitrogen and oxygen atoms in total. The van der Waals surface area contributed by atoms with Crippen molar-refractivity contribution >= 4 is 66.5 Å². The number of carboxylic acid groups (broad SMARTS) is 1. The number of aromatic nitrogens is 1. The number of carbonyl (C=O) groups is 2. The Kier molecular flexibility index (Phi) is 4.65. The van der Waals surface area contributed by atoms with Crippen molar-refractivity contribution in [2.45, 2.75) is 0 Å². The highest BCUT2D eigenvalue weighted by Crippen LogP contribution is 2.27. The molecule has 0 saturated carbocycles. The molecular formula is C13H11N3O3S3. The Balaban J connectivity index is 1.65. The number of amides is 1. The Labute approximate surface area is 138 Å². The number of aliphatic imine (C=N–C) groups is 1. The van der Waals surface area contributed by atoms with Crippen LogP contribution in [0.4, 0.5) is 5.13 Å². The van der Waals surface area contributed by atoms with E-state index in [1.165, 1.54) is 29.2 Å². The van der Waals surface area contributed by atoms with E-state index in [2.05, 4.69) is 15.3 Å². The average Bonchev–Trinajstić information content (AvgIpc) is 3.13. The quantitative estimate of drug-likeness (QED) is 0.878. The van der Waals surface area contributed by atoms with Gasteiger partial charge < -0.3 is 10.4 Å². The number of benzene rings is 1. The number of fused-ring (bicyclic) bond motifs is 1. The summed E-state index contributed by atoms with van der Waals surface area (Å²) < 4.78 is 1.68. The van der Waals surface area contributed by atoms with Crippen LogP contribution in [-0.2, 0) is 4.79 Å². The Morgan fingerprint density at radius 2 is 2.27 bits per heavy atom. The highest BCUT2D eigenvalue weighted by atomic mass is 32.2. The van der Waals surface area contributed by atoms with Gasteiger partial charge in [0.15, 0.2) is 5.13 Å². The minimum Gasteiger partial charge on any atom is -0.478 e. The number of carbonyl (C=O) groups excluding carboxylic acids is 1. The summed E-state index contributed by atoms with van der Waals surface area (Å²) in [5, 5.41) is 12.2. The predicted molar refractivity (Wildman–Crippen MR) is 92.4 cm³/mol. The van der Waals surface area contributed by atoms with Gasteiger partial charge in [0.25, 0.3) is 0 Å². The van der Waals surface area contributed by atoms with Gasteiger partial charge in [0.1, 0.15) is 4.38 Å². The van der Waals surface area contributed by atoms with E-state index >= 15 is 0 Å². The van der Waals surface area contributed by atoms with Crippen molar-refractivity contribution in [3.63, 3.8) is 0 Å². The standard InChI is InChI=1S/C13H11N3O3S3/c17-10(6-21-13-14-3-4-20-13)16-12-15-8-2-1-7(11(18)19)5-9(8)22-12/h1-2,5H,3-4,6H2,(H,18,19)(H,15,16,17). The summed E-state index contributed by atoms with van der Waals surface area (Å²) in [6.45, 7) is 0.818. The van der Waals surface area contributed by atoms with Gasteiger partial charge in [-0.05, 0) is 18.2 Å². The zero-order valence-corrected chi connectivity index (χ0v) is 13.7. The van der Waals surface area contributed by atoms with Crippen LogP contribution >= 0.6 is 34.9 Å². The zero-order valence-electron chi connectivity index (χ0n) is 11.2. The van der Waals surface area contributed by atoms with Crippen molar-refractivity contribution in [1.29, 1.82) is 0 Å². The van der Waals surface area contributed by atoms with Crippen LogP contribution in [0.3, 0.4) is 0 Å². The SMILES string of the molecule is O=C(CSC1=NCCS1)Nc1nc2ccc(C(=O)O)cc2s1. The second-order valence-electron chi connectivity index (χ2n) is 4.34. The predicted octanol–water partition coefficient (Wildman–Crippen LogP) is 2.77. The van der Waals surface area contributed by atoms with Crippen molar-refractivity contribution in [2.75, 3.05) is 23.4 Å². The third-order valence-corrected chi connectivity index (χ3v) is 5.95. The summed E-state index contributed by atoms with van der Waals surface area (Å²) in [6.07, 6.45) is 0. The molecule has 0 fully saturated rings. The van der Waals surface area contributed by atoms with Gasteiger partial charge in [0.05, 0.1) is 28.1 Å². The van der Waals surface area contributed by atoms with Gasteiger partial charge in [-0.2, -0.15) is 0 Å². The number of hydrogen-bond donors (Lipinski definition) is 2. The molecule has 2 N–H and O–H groups in total. The molecule has 0 spiro atoms. The molecule has 0 aliphatic carbocycles. The van der Waals surface area contributed by atoms with Crippen molar-refractivity contribution in [3.8, 4) is 0 Å². The second kappa shape index (κ2) is 6.67. The van der Waals surface area contributed by atoms with E-state index in [-0.39, 0.29) is 11.5 Å². The molecule has 1 aliphatic rings. The first-order chi connectivity index (χ1) is 10.6. The van der Waals surface area contributed by atoms with Gasteiger partial charge in [0.2, 0.25) is 5.91 Å². The molecule has 9 heteroatoms. The maximum atomic E-state index is 11.9. The number of rotatable bonds is 4. The molecule has 0 unspecified atom stereocenters. The molecule has 0 atom stereocenters. The fourth-order valence-electron chi connectivity index (χ4n) is 1.80. The number of nitrogens with zero attached hydrogens (tertiary/aromatic N) is 2. The lowest BCUT2D eigenvalue weighted by molar-refractivity contribution is -0.113. The first-order valence-corrected chi connectivity index (χ1v) is 9.14. The van der Waals surface area contributed by atoms with E-state index in [9.17, 15) is 9.59 Å². The lowest BCUT2D eigenvalue weighted by Crippen LogP contribution is -2.14. The van der Waals surface area contributed by atoms with Crippen LogP contribution in [0.15, 0.2) is 23.2 Å². The molecule has 3 rings (SSSR count). The molecule has 0 radical (unpaired) electrons. The van der Waals surface area contributed by atoms with E-state index in [1.807, 2.05) is 0 Å². The van der Waals surface area contributed by atoms with Crippen LogP contribution in [-0.4, -0.2) is 44.4 Å². The van der Waals surface area contributed by atoms with Crippen LogP contribution < -0.4 is 5.32 Å². The smallest absolute Gasteiger partial charge is 0.335 e. The lowest BCUT2D eigenvalue weighted by atomic mass is 10.2. The van der Waals surface area contributed by atoms with Crippen LogP contribution in [0.5, 0.6) is 0 Å². The van der Waals surface area contributed by atoms with Crippen LogP contribution in [0.25, 0.3) is 10.2 Å². The molecule has 0 bridgehead atoms. The molecule has 2 aromatic rings. The fourth-order valence-corrected chi connectivity index (χ4v) is 4.53. The number of aromatic carboxylic acids is 1. The average molecular weight is 353 g/mol. The number of anilines is 1. The third-order valence-electron chi connectivity index (χ3n) is 2.77. The summed E-state index contributed by atoms with van der Waals surface area (Å²) >= 11 is 4.35. The second-order valence-corrected chi connectivity index (χ2v) is 7.68. The number of nitrogens with one attached hydrogen (secondary N) is 1. The fraction of sp³-hybridized carbons (Fsp3) is 0.231. The number of thioether (sulfide) groups is 2. The van der Waals surface area contributed by atoms with Gasteiger partial charge >= 0.3 is 5.97 Å². The highest BCUT2D eigenvalue weighted by molar-refractivity contribution is 8.39. The van der Waals surface area contributed by atoms with Gasteiger partial charge in [0, 0.05) is 5.75 Å². The number of hydrogen-bond acceptors (Lipinski definition) is 7. The van der Waals surface area contributed by atoms with E-state index in [0.29, 0.717) is 16.4 Å². The van der Waals surface area contributed by atoms with Gasteiger partial charge in [-0.3, -0.25) is 9.79 Å². The van der Waals surface area contributed by atoms with Crippen LogP contribution in [0.2, 0.25) is 0 Å². The van der Waals surface area contributed by atoms with Gasteiger partial charge in [-0.25, -0.2) is 9.78 Å². The van der Waals surface area contributed by atoms with Crippen molar-refractivity contribution in [2.24, 2.45) is 4.99 Å². The van der Waals surface area contributed by atoms with Crippen molar-refractivity contribution < 1.29 is 14.7 Å². The van der Waals surface area contributed by atoms with Crippen LogP contribution in [0, 0.1) is 0 Å². The molecule has 2 heterocycles. The minimum absolute atomic E-state index is 0.141. The first kappa shape index (κ1) is 15.3. The molecule has 1 aliphatic heterocycles. The molecule has 114 valence electrons. The summed E-state index contributed by atoms with van der Waals surface area (Å²) in [5.41, 5.74) is 0.884. The number of carboxylic acids is 1. The van der Waals surface area contributed by atoms with Crippen molar-refractivity contribution in [3.05, 3.63) is 23.8 Å². The maximum absolute atomic E-state index is 11.9. The topological polar surface area (TPSA) is 91.7 Å². The Bertz CT molecular complexity index is 772. The summed E-state index contributed by atoms with van der Waals surface area (Å²) in [4.78, 5) is 31.4. The van der Waals surface area contributed by atoms with E-state index in [0.717, 1.165) is 21.4 Å². The largest absolute Gasteiger partial charge is 0.478 e. The first-order valence-electron chi connectivity index (χ1n) is 6.35. The Morgan fingerprint density at radius 3 is 3.00 bits per heavy atom. The zero-order chi connectivity index (χ0) is 15.5. The van der Waals surface area contributed by atoms with Crippen LogP contribution in [0.1, 0.15) is 10.4 Å². The van der Waals surface area contributed by atoms with Gasteiger partial charge in [-0.1, -0.05) is 34.9 Å². The molecule has 1 amide bonds. The number of thiazole rings is 1. The maximum Gasteiger partial charge on any atom is 0.335 e. The van der Waals surface area contributed by atoms with Gasteiger partial charge in [-0.15, -0.1) is 0 Å². The molecular weight excluding hydrogens is 342 g/mol. The molecule has 22 heavy (non-hydrogen) atoms. The summed E-state index contributed by atoms with van der Waals surface area (Å²) in [7, 11) is 0. The summed E-state index contributed by atoms with van der Waals surface area (Å²) in [5.74, 6) is 0.153. The Morgan fingerprint density at radius 1 is 1.41 bits per heavy atom. The molecule has 1 aromatic carbocycles. The molecule has 1 aromatic heterocycles. The van der Waals surface area contributed by atoms with Crippen molar-refractivity contribution in [1.82, 2.24) is 4.98 Å². The summed E-state index contributed by atoms with van der Waals surface area (Å²) in [6, 6.07) is 4.70.